The highest BCUT2D eigenvalue weighted by atomic mass is 35.5. The lowest BCUT2D eigenvalue weighted by atomic mass is 9.83. The second-order valence-corrected chi connectivity index (χ2v) is 7.30. The van der Waals surface area contributed by atoms with E-state index >= 15 is 0 Å². The maximum atomic E-state index is 12.3. The van der Waals surface area contributed by atoms with Crippen LogP contribution in [0.15, 0.2) is 40.8 Å². The van der Waals surface area contributed by atoms with Gasteiger partial charge >= 0.3 is 0 Å². The quantitative estimate of drug-likeness (QED) is 0.794. The molecule has 1 aliphatic heterocycles. The summed E-state index contributed by atoms with van der Waals surface area (Å²) in [5.74, 6) is 1.53. The molecule has 23 heavy (non-hydrogen) atoms. The number of fused-ring (bicyclic) bond motifs is 2. The zero-order chi connectivity index (χ0) is 16.0. The maximum absolute atomic E-state index is 12.3. The molecule has 0 unspecified atom stereocenters. The molecule has 4 nitrogen and oxygen atoms in total. The minimum absolute atomic E-state index is 0.0679. The topological polar surface area (TPSA) is 37.6 Å². The first-order valence-corrected chi connectivity index (χ1v) is 8.52. The molecule has 0 aromatic carbocycles. The number of nitrogens with zero attached hydrogens (tertiary/aromatic N) is 3. The second-order valence-electron chi connectivity index (χ2n) is 6.87. The fraction of sp³-hybridized carbons (Fsp3) is 0.444. The van der Waals surface area contributed by atoms with Crippen molar-refractivity contribution in [2.45, 2.75) is 26.3 Å². The van der Waals surface area contributed by atoms with E-state index in [-0.39, 0.29) is 5.56 Å². The van der Waals surface area contributed by atoms with Crippen LogP contribution in [0.5, 0.6) is 0 Å². The van der Waals surface area contributed by atoms with Crippen molar-refractivity contribution in [2.75, 3.05) is 13.1 Å². The number of hydrogen-bond donors (Lipinski definition) is 0. The standard InChI is InChI=1S/C18H20ClN3O/c1-12-2-3-13-8-21(9-14(13)6-12)11-16-7-18(23)22-10-15(19)4-5-17(22)20-16/h2,4-5,7,10,13-14H,3,6,8-9,11H2,1H3/t13-,14+/m1/s1. The molecular weight excluding hydrogens is 310 g/mol. The fourth-order valence-electron chi connectivity index (χ4n) is 3.95. The molecule has 2 aromatic rings. The van der Waals surface area contributed by atoms with Gasteiger partial charge in [-0.05, 0) is 43.7 Å². The van der Waals surface area contributed by atoms with E-state index in [4.69, 9.17) is 11.6 Å². The summed E-state index contributed by atoms with van der Waals surface area (Å²) in [7, 11) is 0. The van der Waals surface area contributed by atoms with Gasteiger partial charge in [0.05, 0.1) is 10.7 Å². The molecule has 1 aliphatic carbocycles. The van der Waals surface area contributed by atoms with E-state index in [1.54, 1.807) is 24.4 Å². The van der Waals surface area contributed by atoms with Crippen molar-refractivity contribution < 1.29 is 0 Å². The average Bonchev–Trinajstić information content (AvgIpc) is 2.89. The van der Waals surface area contributed by atoms with Gasteiger partial charge in [-0.1, -0.05) is 23.3 Å². The van der Waals surface area contributed by atoms with Crippen molar-refractivity contribution in [1.29, 1.82) is 0 Å². The van der Waals surface area contributed by atoms with E-state index in [9.17, 15) is 4.79 Å². The van der Waals surface area contributed by atoms with Crippen LogP contribution in [0.2, 0.25) is 5.02 Å². The molecule has 2 aromatic heterocycles. The van der Waals surface area contributed by atoms with Crippen molar-refractivity contribution in [3.05, 3.63) is 57.1 Å². The van der Waals surface area contributed by atoms with E-state index in [0.29, 0.717) is 10.7 Å². The Hall–Kier alpha value is -1.65. The monoisotopic (exact) mass is 329 g/mol. The number of halogens is 1. The average molecular weight is 330 g/mol. The Kier molecular flexibility index (Phi) is 3.74. The van der Waals surface area contributed by atoms with Crippen LogP contribution in [0.3, 0.4) is 0 Å². The third-order valence-electron chi connectivity index (χ3n) is 5.07. The summed E-state index contributed by atoms with van der Waals surface area (Å²) in [6.07, 6.45) is 6.41. The van der Waals surface area contributed by atoms with E-state index < -0.39 is 0 Å². The number of pyridine rings is 1. The predicted molar refractivity (Wildman–Crippen MR) is 91.7 cm³/mol. The summed E-state index contributed by atoms with van der Waals surface area (Å²) < 4.78 is 1.50. The highest BCUT2D eigenvalue weighted by Gasteiger charge is 2.34. The molecule has 0 N–H and O–H groups in total. The van der Waals surface area contributed by atoms with E-state index in [1.807, 2.05) is 0 Å². The van der Waals surface area contributed by atoms with E-state index in [2.05, 4.69) is 22.9 Å². The Morgan fingerprint density at radius 1 is 1.30 bits per heavy atom. The predicted octanol–water partition coefficient (Wildman–Crippen LogP) is 3.14. The Morgan fingerprint density at radius 2 is 2.13 bits per heavy atom. The molecule has 1 saturated heterocycles. The second kappa shape index (κ2) is 5.77. The van der Waals surface area contributed by atoms with Crippen LogP contribution in [0, 0.1) is 11.8 Å². The Balaban J connectivity index is 1.55. The Bertz CT molecular complexity index is 842. The highest BCUT2D eigenvalue weighted by molar-refractivity contribution is 6.30. The summed E-state index contributed by atoms with van der Waals surface area (Å²) in [6, 6.07) is 5.20. The van der Waals surface area contributed by atoms with Gasteiger partial charge in [-0.2, -0.15) is 0 Å². The number of likely N-dealkylation sites (tertiary alicyclic amines) is 1. The third-order valence-corrected chi connectivity index (χ3v) is 5.29. The van der Waals surface area contributed by atoms with Gasteiger partial charge in [0, 0.05) is 31.9 Å². The van der Waals surface area contributed by atoms with Crippen LogP contribution in [0.4, 0.5) is 0 Å². The van der Waals surface area contributed by atoms with Gasteiger partial charge in [-0.25, -0.2) is 4.98 Å². The summed E-state index contributed by atoms with van der Waals surface area (Å²) in [4.78, 5) is 19.3. The van der Waals surface area contributed by atoms with Crippen LogP contribution in [-0.4, -0.2) is 27.4 Å². The van der Waals surface area contributed by atoms with Crippen molar-refractivity contribution in [2.24, 2.45) is 11.8 Å². The summed E-state index contributed by atoms with van der Waals surface area (Å²) >= 11 is 5.95. The van der Waals surface area contributed by atoms with Crippen molar-refractivity contribution in [1.82, 2.24) is 14.3 Å². The molecule has 0 spiro atoms. The molecule has 2 aliphatic rings. The van der Waals surface area contributed by atoms with Crippen molar-refractivity contribution in [3.63, 3.8) is 0 Å². The van der Waals surface area contributed by atoms with Crippen molar-refractivity contribution in [3.8, 4) is 0 Å². The van der Waals surface area contributed by atoms with Gasteiger partial charge in [0.1, 0.15) is 5.65 Å². The molecule has 0 radical (unpaired) electrons. The zero-order valence-corrected chi connectivity index (χ0v) is 14.0. The molecule has 0 bridgehead atoms. The first-order chi connectivity index (χ1) is 11.1. The summed E-state index contributed by atoms with van der Waals surface area (Å²) in [6.45, 7) is 5.20. The molecule has 0 saturated carbocycles. The summed E-state index contributed by atoms with van der Waals surface area (Å²) in [5.41, 5.74) is 2.96. The normalized spacial score (nSPS) is 24.7. The first-order valence-electron chi connectivity index (χ1n) is 8.14. The van der Waals surface area contributed by atoms with Gasteiger partial charge in [-0.3, -0.25) is 14.1 Å². The molecule has 3 heterocycles. The number of hydrogen-bond acceptors (Lipinski definition) is 3. The van der Waals surface area contributed by atoms with Crippen LogP contribution < -0.4 is 5.56 Å². The molecule has 120 valence electrons. The highest BCUT2D eigenvalue weighted by Crippen LogP contribution is 2.35. The van der Waals surface area contributed by atoms with Crippen LogP contribution >= 0.6 is 11.6 Å². The maximum Gasteiger partial charge on any atom is 0.258 e. The van der Waals surface area contributed by atoms with Gasteiger partial charge < -0.3 is 0 Å². The lowest BCUT2D eigenvalue weighted by Crippen LogP contribution is -2.23. The van der Waals surface area contributed by atoms with Crippen LogP contribution in [0.1, 0.15) is 25.5 Å². The smallest absolute Gasteiger partial charge is 0.258 e. The molecule has 5 heteroatoms. The molecule has 2 atom stereocenters. The minimum atomic E-state index is -0.0679. The molecular formula is C18H20ClN3O. The lowest BCUT2D eigenvalue weighted by Gasteiger charge is -2.22. The first kappa shape index (κ1) is 14.9. The minimum Gasteiger partial charge on any atom is -0.297 e. The third kappa shape index (κ3) is 2.93. The van der Waals surface area contributed by atoms with Gasteiger partial charge in [0.25, 0.3) is 5.56 Å². The largest absolute Gasteiger partial charge is 0.297 e. The SMILES string of the molecule is CC1=CC[C@@H]2CN(Cc3cc(=O)n4cc(Cl)ccc4n3)C[C@@H]2C1. The van der Waals surface area contributed by atoms with Gasteiger partial charge in [0.2, 0.25) is 0 Å². The van der Waals surface area contributed by atoms with E-state index in [1.165, 1.54) is 22.8 Å². The summed E-state index contributed by atoms with van der Waals surface area (Å²) in [5, 5.41) is 0.542. The molecule has 1 fully saturated rings. The molecule has 4 rings (SSSR count). The van der Waals surface area contributed by atoms with E-state index in [0.717, 1.165) is 37.2 Å². The Labute approximate surface area is 140 Å². The number of allylic oxidation sites excluding steroid dienone is 2. The number of rotatable bonds is 2. The van der Waals surface area contributed by atoms with Crippen LogP contribution in [0.25, 0.3) is 5.65 Å². The lowest BCUT2D eigenvalue weighted by molar-refractivity contribution is 0.310. The number of aromatic nitrogens is 2. The fourth-order valence-corrected chi connectivity index (χ4v) is 4.11. The van der Waals surface area contributed by atoms with Crippen molar-refractivity contribution >= 4 is 17.2 Å². The zero-order valence-electron chi connectivity index (χ0n) is 13.2. The Morgan fingerprint density at radius 3 is 3.00 bits per heavy atom. The van der Waals surface area contributed by atoms with Gasteiger partial charge in [-0.15, -0.1) is 0 Å². The molecule has 0 amide bonds. The van der Waals surface area contributed by atoms with Crippen LogP contribution in [-0.2, 0) is 6.54 Å². The van der Waals surface area contributed by atoms with Gasteiger partial charge in [0.15, 0.2) is 0 Å².